The third kappa shape index (κ3) is 3.64. The summed E-state index contributed by atoms with van der Waals surface area (Å²) < 4.78 is 31.3. The molecule has 0 radical (unpaired) electrons. The van der Waals surface area contributed by atoms with Crippen molar-refractivity contribution in [3.63, 3.8) is 0 Å². The number of sulfonamides is 1. The highest BCUT2D eigenvalue weighted by Crippen LogP contribution is 2.26. The number of methoxy groups -OCH3 is 1. The molecule has 0 saturated heterocycles. The van der Waals surface area contributed by atoms with Crippen molar-refractivity contribution in [1.29, 1.82) is 0 Å². The number of aryl methyl sites for hydroxylation is 1. The van der Waals surface area contributed by atoms with E-state index in [4.69, 9.17) is 9.88 Å². The van der Waals surface area contributed by atoms with E-state index in [2.05, 4.69) is 5.32 Å². The summed E-state index contributed by atoms with van der Waals surface area (Å²) >= 11 is 0. The molecule has 10 heteroatoms. The van der Waals surface area contributed by atoms with Crippen molar-refractivity contribution in [3.05, 3.63) is 52.9 Å². The maximum absolute atomic E-state index is 12.6. The van der Waals surface area contributed by atoms with Crippen LogP contribution in [0.15, 0.2) is 52.2 Å². The average Bonchev–Trinajstić information content (AvgIpc) is 2.92. The zero-order valence-electron chi connectivity index (χ0n) is 15.4. The molecule has 2 aromatic carbocycles. The summed E-state index contributed by atoms with van der Waals surface area (Å²) in [4.78, 5) is 24.9. The predicted octanol–water partition coefficient (Wildman–Crippen LogP) is 1.12. The van der Waals surface area contributed by atoms with Crippen LogP contribution < -0.4 is 20.9 Å². The highest BCUT2D eigenvalue weighted by Gasteiger charge is 2.18. The first kappa shape index (κ1) is 19.6. The Hall–Kier alpha value is -3.11. The van der Waals surface area contributed by atoms with Gasteiger partial charge in [0.15, 0.2) is 0 Å². The molecule has 3 aromatic rings. The quantitative estimate of drug-likeness (QED) is 0.637. The van der Waals surface area contributed by atoms with Gasteiger partial charge in [0.25, 0.3) is 0 Å². The standard InChI is InChI=1S/C18H20N4O5S/c1-3-21-13-6-4-5-7-14(13)22(18(21)24)11-17(23)20-12-8-9-15(27-2)16(10-12)28(19,25)26/h4-10H,3,11H2,1-2H3,(H,20,23)(H2,19,25,26). The Morgan fingerprint density at radius 3 is 2.36 bits per heavy atom. The fraction of sp³-hybridized carbons (Fsp3) is 0.222. The molecule has 0 atom stereocenters. The second kappa shape index (κ2) is 7.49. The van der Waals surface area contributed by atoms with Crippen LogP contribution >= 0.6 is 0 Å². The fourth-order valence-corrected chi connectivity index (χ4v) is 3.77. The minimum absolute atomic E-state index is 0.0720. The lowest BCUT2D eigenvalue weighted by Crippen LogP contribution is -2.29. The van der Waals surface area contributed by atoms with E-state index < -0.39 is 15.9 Å². The predicted molar refractivity (Wildman–Crippen MR) is 105 cm³/mol. The molecule has 1 aromatic heterocycles. The summed E-state index contributed by atoms with van der Waals surface area (Å²) in [5.74, 6) is -0.408. The van der Waals surface area contributed by atoms with Gasteiger partial charge < -0.3 is 10.1 Å². The number of rotatable bonds is 6. The van der Waals surface area contributed by atoms with Crippen LogP contribution in [0.1, 0.15) is 6.92 Å². The lowest BCUT2D eigenvalue weighted by atomic mass is 10.3. The Kier molecular flexibility index (Phi) is 5.25. The van der Waals surface area contributed by atoms with Crippen LogP contribution in [-0.2, 0) is 27.9 Å². The fourth-order valence-electron chi connectivity index (χ4n) is 3.05. The topological polar surface area (TPSA) is 125 Å². The van der Waals surface area contributed by atoms with Crippen LogP contribution in [0.25, 0.3) is 11.0 Å². The van der Waals surface area contributed by atoms with E-state index in [-0.39, 0.29) is 28.6 Å². The second-order valence-corrected chi connectivity index (χ2v) is 7.59. The van der Waals surface area contributed by atoms with Crippen molar-refractivity contribution in [2.45, 2.75) is 24.9 Å². The minimum atomic E-state index is -4.03. The van der Waals surface area contributed by atoms with Crippen LogP contribution in [0, 0.1) is 0 Å². The number of benzene rings is 2. The number of hydrogen-bond acceptors (Lipinski definition) is 5. The van der Waals surface area contributed by atoms with Gasteiger partial charge in [-0.15, -0.1) is 0 Å². The lowest BCUT2D eigenvalue weighted by Gasteiger charge is -2.10. The van der Waals surface area contributed by atoms with Crippen molar-refractivity contribution in [2.75, 3.05) is 12.4 Å². The van der Waals surface area contributed by atoms with Crippen LogP contribution in [0.5, 0.6) is 5.75 Å². The number of carbonyl (C=O) groups excluding carboxylic acids is 1. The number of fused-ring (bicyclic) bond motifs is 1. The number of carbonyl (C=O) groups is 1. The van der Waals surface area contributed by atoms with Crippen LogP contribution in [0.4, 0.5) is 5.69 Å². The number of amides is 1. The molecule has 9 nitrogen and oxygen atoms in total. The number of ether oxygens (including phenoxy) is 1. The SMILES string of the molecule is CCn1c(=O)n(CC(=O)Nc2ccc(OC)c(S(N)(=O)=O)c2)c2ccccc21. The molecule has 0 aliphatic rings. The number of anilines is 1. The van der Waals surface area contributed by atoms with Gasteiger partial charge in [-0.1, -0.05) is 12.1 Å². The lowest BCUT2D eigenvalue weighted by molar-refractivity contribution is -0.116. The molecule has 3 rings (SSSR count). The van der Waals surface area contributed by atoms with Gasteiger partial charge in [0.2, 0.25) is 15.9 Å². The van der Waals surface area contributed by atoms with E-state index >= 15 is 0 Å². The molecule has 0 saturated carbocycles. The van der Waals surface area contributed by atoms with Gasteiger partial charge in [-0.3, -0.25) is 13.9 Å². The molecular weight excluding hydrogens is 384 g/mol. The van der Waals surface area contributed by atoms with Crippen LogP contribution in [0.3, 0.4) is 0 Å². The van der Waals surface area contributed by atoms with E-state index in [9.17, 15) is 18.0 Å². The molecule has 0 bridgehead atoms. The maximum Gasteiger partial charge on any atom is 0.329 e. The molecule has 1 amide bonds. The molecule has 148 valence electrons. The van der Waals surface area contributed by atoms with Gasteiger partial charge in [0.05, 0.1) is 18.1 Å². The van der Waals surface area contributed by atoms with E-state index in [1.807, 2.05) is 19.1 Å². The van der Waals surface area contributed by atoms with Crippen molar-refractivity contribution in [3.8, 4) is 5.75 Å². The Bertz CT molecular complexity index is 1210. The molecule has 0 aliphatic heterocycles. The molecule has 28 heavy (non-hydrogen) atoms. The number of hydrogen-bond donors (Lipinski definition) is 2. The first-order valence-corrected chi connectivity index (χ1v) is 9.99. The number of aromatic nitrogens is 2. The van der Waals surface area contributed by atoms with Crippen LogP contribution in [-0.4, -0.2) is 30.6 Å². The molecule has 0 spiro atoms. The molecular formula is C18H20N4O5S. The third-order valence-electron chi connectivity index (χ3n) is 4.30. The highest BCUT2D eigenvalue weighted by molar-refractivity contribution is 7.89. The van der Waals surface area contributed by atoms with Gasteiger partial charge in [0.1, 0.15) is 17.2 Å². The van der Waals surface area contributed by atoms with Crippen molar-refractivity contribution in [2.24, 2.45) is 5.14 Å². The van der Waals surface area contributed by atoms with E-state index in [0.29, 0.717) is 12.1 Å². The van der Waals surface area contributed by atoms with Gasteiger partial charge in [-0.25, -0.2) is 18.4 Å². The Labute approximate surface area is 161 Å². The summed E-state index contributed by atoms with van der Waals surface area (Å²) in [5, 5.41) is 7.78. The zero-order chi connectivity index (χ0) is 20.5. The van der Waals surface area contributed by atoms with Gasteiger partial charge in [0, 0.05) is 12.2 Å². The third-order valence-corrected chi connectivity index (χ3v) is 5.23. The van der Waals surface area contributed by atoms with Gasteiger partial charge in [-0.2, -0.15) is 0 Å². The maximum atomic E-state index is 12.6. The number of para-hydroxylation sites is 2. The molecule has 1 heterocycles. The second-order valence-electron chi connectivity index (χ2n) is 6.06. The van der Waals surface area contributed by atoms with Crippen molar-refractivity contribution in [1.82, 2.24) is 9.13 Å². The summed E-state index contributed by atoms with van der Waals surface area (Å²) in [5.41, 5.74) is 1.31. The van der Waals surface area contributed by atoms with E-state index in [1.165, 1.54) is 29.9 Å². The number of nitrogens with two attached hydrogens (primary N) is 1. The minimum Gasteiger partial charge on any atom is -0.495 e. The van der Waals surface area contributed by atoms with Crippen molar-refractivity contribution >= 4 is 32.7 Å². The number of nitrogens with zero attached hydrogens (tertiary/aromatic N) is 2. The van der Waals surface area contributed by atoms with E-state index in [1.54, 1.807) is 16.7 Å². The molecule has 0 fully saturated rings. The van der Waals surface area contributed by atoms with Crippen LogP contribution in [0.2, 0.25) is 0 Å². The van der Waals surface area contributed by atoms with Gasteiger partial charge in [-0.05, 0) is 37.3 Å². The molecule has 0 aliphatic carbocycles. The number of imidazole rings is 1. The Morgan fingerprint density at radius 1 is 1.14 bits per heavy atom. The Morgan fingerprint density at radius 2 is 1.79 bits per heavy atom. The summed E-state index contributed by atoms with van der Waals surface area (Å²) in [6.45, 7) is 2.11. The highest BCUT2D eigenvalue weighted by atomic mass is 32.2. The molecule has 0 unspecified atom stereocenters. The molecule has 3 N–H and O–H groups in total. The zero-order valence-corrected chi connectivity index (χ0v) is 16.2. The summed E-state index contributed by atoms with van der Waals surface area (Å²) in [6, 6.07) is 11.3. The first-order valence-electron chi connectivity index (χ1n) is 8.45. The smallest absolute Gasteiger partial charge is 0.329 e. The number of primary sulfonamides is 1. The van der Waals surface area contributed by atoms with Crippen molar-refractivity contribution < 1.29 is 17.9 Å². The Balaban J connectivity index is 1.91. The van der Waals surface area contributed by atoms with Gasteiger partial charge >= 0.3 is 5.69 Å². The summed E-state index contributed by atoms with van der Waals surface area (Å²) in [6.07, 6.45) is 0. The summed E-state index contributed by atoms with van der Waals surface area (Å²) in [7, 11) is -2.72. The normalized spacial score (nSPS) is 11.5. The monoisotopic (exact) mass is 404 g/mol. The number of nitrogens with one attached hydrogen (secondary N) is 1. The first-order chi connectivity index (χ1) is 13.3. The largest absolute Gasteiger partial charge is 0.495 e. The van der Waals surface area contributed by atoms with E-state index in [0.717, 1.165) is 5.52 Å². The average molecular weight is 404 g/mol.